The van der Waals surface area contributed by atoms with E-state index >= 15 is 0 Å². The van der Waals surface area contributed by atoms with Crippen LogP contribution >= 0.6 is 0 Å². The van der Waals surface area contributed by atoms with Gasteiger partial charge in [0.05, 0.1) is 18.9 Å². The van der Waals surface area contributed by atoms with Gasteiger partial charge in [-0.3, -0.25) is 4.79 Å². The molecule has 0 aromatic heterocycles. The monoisotopic (exact) mass is 301 g/mol. The first-order valence-corrected chi connectivity index (χ1v) is 7.14. The number of phenols is 1. The smallest absolute Gasteiger partial charge is 0.255 e. The van der Waals surface area contributed by atoms with Gasteiger partial charge >= 0.3 is 0 Å². The van der Waals surface area contributed by atoms with Gasteiger partial charge in [0, 0.05) is 17.7 Å². The molecule has 0 fully saturated rings. The Balaban J connectivity index is 2.31. The quantitative estimate of drug-likeness (QED) is 0.802. The molecule has 2 N–H and O–H groups in total. The number of carbonyl (C=O) groups excluding carboxylic acids is 1. The van der Waals surface area contributed by atoms with Crippen LogP contribution in [0.25, 0.3) is 0 Å². The lowest BCUT2D eigenvalue weighted by Gasteiger charge is -2.15. The van der Waals surface area contributed by atoms with Gasteiger partial charge < -0.3 is 19.9 Å². The van der Waals surface area contributed by atoms with Crippen LogP contribution in [0.2, 0.25) is 0 Å². The molecule has 0 bridgehead atoms. The number of hydrogen-bond donors (Lipinski definition) is 2. The third kappa shape index (κ3) is 3.69. The number of nitrogens with one attached hydrogen (secondary N) is 1. The van der Waals surface area contributed by atoms with Crippen molar-refractivity contribution in [3.8, 4) is 17.2 Å². The van der Waals surface area contributed by atoms with Crippen LogP contribution in [0.15, 0.2) is 42.5 Å². The summed E-state index contributed by atoms with van der Waals surface area (Å²) in [4.78, 5) is 12.3. The van der Waals surface area contributed by atoms with E-state index in [9.17, 15) is 9.90 Å². The molecule has 0 spiro atoms. The fraction of sp³-hybridized carbons (Fsp3) is 0.235. The van der Waals surface area contributed by atoms with Gasteiger partial charge in [0.2, 0.25) is 0 Å². The molecule has 0 atom stereocenters. The van der Waals surface area contributed by atoms with Gasteiger partial charge in [0.25, 0.3) is 5.91 Å². The maximum absolute atomic E-state index is 12.3. The number of rotatable bonds is 6. The van der Waals surface area contributed by atoms with Crippen LogP contribution in [0.5, 0.6) is 17.2 Å². The van der Waals surface area contributed by atoms with Gasteiger partial charge in [0.15, 0.2) is 11.5 Å². The predicted molar refractivity (Wildman–Crippen MR) is 84.8 cm³/mol. The third-order valence-electron chi connectivity index (χ3n) is 2.95. The van der Waals surface area contributed by atoms with E-state index in [4.69, 9.17) is 9.47 Å². The lowest BCUT2D eigenvalue weighted by Crippen LogP contribution is -2.13. The Bertz CT molecular complexity index is 641. The normalized spacial score (nSPS) is 10.1. The minimum absolute atomic E-state index is 0.0250. The highest BCUT2D eigenvalue weighted by Gasteiger charge is 2.14. The Morgan fingerprint density at radius 3 is 2.32 bits per heavy atom. The second kappa shape index (κ2) is 7.36. The highest BCUT2D eigenvalue weighted by Crippen LogP contribution is 2.37. The van der Waals surface area contributed by atoms with E-state index in [1.54, 1.807) is 30.3 Å². The molecule has 0 saturated carbocycles. The van der Waals surface area contributed by atoms with E-state index in [0.717, 1.165) is 0 Å². The molecule has 2 aromatic carbocycles. The second-order valence-corrected chi connectivity index (χ2v) is 4.50. The Hall–Kier alpha value is -2.69. The molecule has 5 nitrogen and oxygen atoms in total. The zero-order valence-corrected chi connectivity index (χ0v) is 12.6. The van der Waals surface area contributed by atoms with E-state index in [1.165, 1.54) is 6.07 Å². The van der Waals surface area contributed by atoms with Crippen LogP contribution in [0.1, 0.15) is 24.2 Å². The molecule has 1 amide bonds. The second-order valence-electron chi connectivity index (χ2n) is 4.50. The first kappa shape index (κ1) is 15.7. The maximum Gasteiger partial charge on any atom is 0.255 e. The summed E-state index contributed by atoms with van der Waals surface area (Å²) in [5.74, 6) is 0.416. The fourth-order valence-corrected chi connectivity index (χ4v) is 1.98. The number of phenolic OH excluding ortho intramolecular Hbond substituents is 1. The van der Waals surface area contributed by atoms with Gasteiger partial charge in [-0.2, -0.15) is 0 Å². The lowest BCUT2D eigenvalue weighted by molar-refractivity contribution is 0.102. The number of benzene rings is 2. The van der Waals surface area contributed by atoms with E-state index < -0.39 is 0 Å². The van der Waals surface area contributed by atoms with E-state index in [2.05, 4.69) is 5.32 Å². The van der Waals surface area contributed by atoms with E-state index in [1.807, 2.05) is 19.9 Å². The molecule has 0 aliphatic carbocycles. The number of ether oxygens (including phenoxy) is 2. The molecule has 5 heteroatoms. The van der Waals surface area contributed by atoms with Gasteiger partial charge in [-0.1, -0.05) is 18.2 Å². The largest absolute Gasteiger partial charge is 0.504 e. The summed E-state index contributed by atoms with van der Waals surface area (Å²) in [6.07, 6.45) is 0. The summed E-state index contributed by atoms with van der Waals surface area (Å²) >= 11 is 0. The molecule has 22 heavy (non-hydrogen) atoms. The van der Waals surface area contributed by atoms with Crippen LogP contribution in [-0.4, -0.2) is 24.2 Å². The van der Waals surface area contributed by atoms with Gasteiger partial charge in [-0.05, 0) is 26.0 Å². The zero-order valence-electron chi connectivity index (χ0n) is 12.6. The van der Waals surface area contributed by atoms with Crippen molar-refractivity contribution >= 4 is 11.6 Å². The molecule has 2 aromatic rings. The molecular weight excluding hydrogens is 282 g/mol. The third-order valence-corrected chi connectivity index (χ3v) is 2.95. The van der Waals surface area contributed by atoms with Crippen molar-refractivity contribution in [3.63, 3.8) is 0 Å². The van der Waals surface area contributed by atoms with Crippen LogP contribution in [0.4, 0.5) is 5.69 Å². The van der Waals surface area contributed by atoms with Crippen molar-refractivity contribution < 1.29 is 19.4 Å². The summed E-state index contributed by atoms with van der Waals surface area (Å²) in [7, 11) is 0. The number of anilines is 1. The van der Waals surface area contributed by atoms with E-state index in [-0.39, 0.29) is 11.7 Å². The van der Waals surface area contributed by atoms with E-state index in [0.29, 0.717) is 36.0 Å². The van der Waals surface area contributed by atoms with Gasteiger partial charge in [-0.25, -0.2) is 0 Å². The van der Waals surface area contributed by atoms with Crippen molar-refractivity contribution in [2.45, 2.75) is 13.8 Å². The molecule has 0 radical (unpaired) electrons. The van der Waals surface area contributed by atoms with Crippen LogP contribution < -0.4 is 14.8 Å². The summed E-state index contributed by atoms with van der Waals surface area (Å²) in [6, 6.07) is 11.9. The molecule has 2 rings (SSSR count). The minimum atomic E-state index is -0.255. The molecular formula is C17H19NO4. The highest BCUT2D eigenvalue weighted by atomic mass is 16.5. The zero-order chi connectivity index (χ0) is 15.9. The first-order chi connectivity index (χ1) is 10.7. The Kier molecular flexibility index (Phi) is 5.25. The SMILES string of the molecule is CCOc1cc(NC(=O)c2ccccc2)c(OCC)cc1O. The average Bonchev–Trinajstić information content (AvgIpc) is 2.53. The van der Waals surface area contributed by atoms with Crippen molar-refractivity contribution in [2.75, 3.05) is 18.5 Å². The van der Waals surface area contributed by atoms with Gasteiger partial charge in [-0.15, -0.1) is 0 Å². The Labute approximate surface area is 129 Å². The molecule has 0 aliphatic heterocycles. The van der Waals surface area contributed by atoms with Crippen molar-refractivity contribution in [2.24, 2.45) is 0 Å². The number of amides is 1. The first-order valence-electron chi connectivity index (χ1n) is 7.14. The number of carbonyl (C=O) groups is 1. The van der Waals surface area contributed by atoms with Crippen LogP contribution in [0, 0.1) is 0 Å². The maximum atomic E-state index is 12.3. The summed E-state index contributed by atoms with van der Waals surface area (Å²) < 4.78 is 10.8. The predicted octanol–water partition coefficient (Wildman–Crippen LogP) is 3.44. The summed E-state index contributed by atoms with van der Waals surface area (Å²) in [5.41, 5.74) is 0.993. The molecule has 116 valence electrons. The number of hydrogen-bond acceptors (Lipinski definition) is 4. The lowest BCUT2D eigenvalue weighted by atomic mass is 10.2. The Morgan fingerprint density at radius 2 is 1.68 bits per heavy atom. The van der Waals surface area contributed by atoms with Crippen LogP contribution in [0.3, 0.4) is 0 Å². The highest BCUT2D eigenvalue weighted by molar-refractivity contribution is 6.05. The molecule has 0 aliphatic rings. The topological polar surface area (TPSA) is 67.8 Å². The van der Waals surface area contributed by atoms with Crippen LogP contribution in [-0.2, 0) is 0 Å². The number of aromatic hydroxyl groups is 1. The summed E-state index contributed by atoms with van der Waals surface area (Å²) in [5, 5.41) is 12.7. The fourth-order valence-electron chi connectivity index (χ4n) is 1.98. The standard InChI is InChI=1S/C17H19NO4/c1-3-21-15-11-14(19)16(22-4-2)10-13(15)18-17(20)12-8-6-5-7-9-12/h5-11,19H,3-4H2,1-2H3,(H,18,20). The van der Waals surface area contributed by atoms with Crippen molar-refractivity contribution in [1.82, 2.24) is 0 Å². The van der Waals surface area contributed by atoms with Gasteiger partial charge in [0.1, 0.15) is 5.75 Å². The van der Waals surface area contributed by atoms with Crippen molar-refractivity contribution in [3.05, 3.63) is 48.0 Å². The molecule has 0 saturated heterocycles. The Morgan fingerprint density at radius 1 is 1.05 bits per heavy atom. The minimum Gasteiger partial charge on any atom is -0.504 e. The summed E-state index contributed by atoms with van der Waals surface area (Å²) in [6.45, 7) is 4.48. The van der Waals surface area contributed by atoms with Crippen molar-refractivity contribution in [1.29, 1.82) is 0 Å². The molecule has 0 heterocycles. The average molecular weight is 301 g/mol. The molecule has 0 unspecified atom stereocenters.